The number of carbonyl (C=O) groups excluding carboxylic acids is 1. The Morgan fingerprint density at radius 3 is 2.73 bits per heavy atom. The molecule has 7 heteroatoms. The van der Waals surface area contributed by atoms with Crippen LogP contribution in [0.25, 0.3) is 0 Å². The Kier molecular flexibility index (Phi) is 5.25. The van der Waals surface area contributed by atoms with Gasteiger partial charge in [0, 0.05) is 23.7 Å². The number of sulfonamides is 1. The minimum absolute atomic E-state index is 0.0386. The fourth-order valence-corrected chi connectivity index (χ4v) is 4.72. The number of halogens is 1. The van der Waals surface area contributed by atoms with Crippen LogP contribution in [0.5, 0.6) is 0 Å². The van der Waals surface area contributed by atoms with Crippen LogP contribution in [0.1, 0.15) is 30.9 Å². The van der Waals surface area contributed by atoms with E-state index in [1.165, 1.54) is 6.07 Å². The van der Waals surface area contributed by atoms with Gasteiger partial charge < -0.3 is 4.90 Å². The molecule has 0 saturated heterocycles. The molecule has 0 atom stereocenters. The number of nitrogens with zero attached hydrogens (tertiary/aromatic N) is 1. The molecule has 0 radical (unpaired) electrons. The van der Waals surface area contributed by atoms with Crippen LogP contribution >= 0.6 is 11.6 Å². The zero-order chi connectivity index (χ0) is 18.9. The van der Waals surface area contributed by atoms with Crippen LogP contribution < -0.4 is 9.62 Å². The number of rotatable bonds is 4. The number of anilines is 2. The molecule has 0 unspecified atom stereocenters. The second-order valence-electron chi connectivity index (χ2n) is 6.36. The van der Waals surface area contributed by atoms with E-state index in [4.69, 9.17) is 11.6 Å². The lowest BCUT2D eigenvalue weighted by Crippen LogP contribution is -2.35. The van der Waals surface area contributed by atoms with Crippen molar-refractivity contribution >= 4 is 38.9 Å². The van der Waals surface area contributed by atoms with Crippen molar-refractivity contribution in [2.24, 2.45) is 0 Å². The van der Waals surface area contributed by atoms with E-state index in [9.17, 15) is 13.2 Å². The van der Waals surface area contributed by atoms with E-state index in [0.29, 0.717) is 29.2 Å². The van der Waals surface area contributed by atoms with E-state index in [-0.39, 0.29) is 10.8 Å². The van der Waals surface area contributed by atoms with Gasteiger partial charge in [0.1, 0.15) is 0 Å². The molecule has 0 spiro atoms. The first-order valence-electron chi connectivity index (χ1n) is 8.54. The molecule has 1 N–H and O–H groups in total. The van der Waals surface area contributed by atoms with E-state index >= 15 is 0 Å². The third kappa shape index (κ3) is 3.71. The molecular weight excluding hydrogens is 372 g/mol. The molecule has 0 saturated carbocycles. The lowest BCUT2D eigenvalue weighted by atomic mass is 10.0. The smallest absolute Gasteiger partial charge is 0.262 e. The molecule has 0 aliphatic carbocycles. The topological polar surface area (TPSA) is 66.5 Å². The molecule has 0 bridgehead atoms. The van der Waals surface area contributed by atoms with Crippen LogP contribution in [0.2, 0.25) is 5.02 Å². The summed E-state index contributed by atoms with van der Waals surface area (Å²) in [7, 11) is -3.77. The highest BCUT2D eigenvalue weighted by atomic mass is 35.5. The van der Waals surface area contributed by atoms with Crippen molar-refractivity contribution in [3.8, 4) is 0 Å². The Hall–Kier alpha value is -2.05. The highest BCUT2D eigenvalue weighted by Crippen LogP contribution is 2.32. The summed E-state index contributed by atoms with van der Waals surface area (Å²) in [5, 5.41) is 0.362. The molecule has 1 aliphatic heterocycles. The maximum absolute atomic E-state index is 12.8. The number of aryl methyl sites for hydroxylation is 2. The van der Waals surface area contributed by atoms with Crippen LogP contribution in [-0.4, -0.2) is 20.9 Å². The van der Waals surface area contributed by atoms with Crippen molar-refractivity contribution < 1.29 is 13.2 Å². The maximum Gasteiger partial charge on any atom is 0.262 e. The van der Waals surface area contributed by atoms with E-state index in [2.05, 4.69) is 4.72 Å². The van der Waals surface area contributed by atoms with Gasteiger partial charge >= 0.3 is 0 Å². The van der Waals surface area contributed by atoms with Gasteiger partial charge in [0.25, 0.3) is 10.0 Å². The third-order valence-corrected chi connectivity index (χ3v) is 6.26. The summed E-state index contributed by atoms with van der Waals surface area (Å²) in [6.07, 6.45) is 2.20. The van der Waals surface area contributed by atoms with Crippen LogP contribution in [-0.2, 0) is 21.2 Å². The summed E-state index contributed by atoms with van der Waals surface area (Å²) in [4.78, 5) is 14.1. The second kappa shape index (κ2) is 7.29. The minimum Gasteiger partial charge on any atom is -0.312 e. The number of hydrogen-bond acceptors (Lipinski definition) is 3. The van der Waals surface area contributed by atoms with Crippen LogP contribution in [0.3, 0.4) is 0 Å². The zero-order valence-corrected chi connectivity index (χ0v) is 16.3. The monoisotopic (exact) mass is 392 g/mol. The van der Waals surface area contributed by atoms with Crippen molar-refractivity contribution in [2.45, 2.75) is 38.0 Å². The predicted octanol–water partition coefficient (Wildman–Crippen LogP) is 4.14. The van der Waals surface area contributed by atoms with Crippen LogP contribution in [0.15, 0.2) is 41.3 Å². The predicted molar refractivity (Wildman–Crippen MR) is 104 cm³/mol. The Bertz CT molecular complexity index is 957. The molecule has 1 amide bonds. The molecule has 5 nitrogen and oxygen atoms in total. The largest absolute Gasteiger partial charge is 0.312 e. The Labute approximate surface area is 159 Å². The summed E-state index contributed by atoms with van der Waals surface area (Å²) < 4.78 is 28.1. The minimum atomic E-state index is -3.77. The van der Waals surface area contributed by atoms with Gasteiger partial charge in [-0.2, -0.15) is 0 Å². The highest BCUT2D eigenvalue weighted by Gasteiger charge is 2.23. The van der Waals surface area contributed by atoms with Gasteiger partial charge in [-0.05, 0) is 55.2 Å². The quantitative estimate of drug-likeness (QED) is 0.850. The fraction of sp³-hybridized carbons (Fsp3) is 0.316. The number of benzene rings is 2. The zero-order valence-electron chi connectivity index (χ0n) is 14.8. The first kappa shape index (κ1) is 18.7. The molecule has 2 aromatic carbocycles. The SMILES string of the molecule is CCC(=O)N1CCCc2ccc(NS(=O)(=O)c3cc(Cl)ccc3C)cc21. The summed E-state index contributed by atoms with van der Waals surface area (Å²) in [6, 6.07) is 10.1. The number of carbonyl (C=O) groups is 1. The molecule has 0 fully saturated rings. The lowest BCUT2D eigenvalue weighted by molar-refractivity contribution is -0.118. The normalized spacial score (nSPS) is 14.0. The van der Waals surface area contributed by atoms with Crippen molar-refractivity contribution in [3.63, 3.8) is 0 Å². The lowest BCUT2D eigenvalue weighted by Gasteiger charge is -2.30. The van der Waals surface area contributed by atoms with Gasteiger partial charge in [-0.15, -0.1) is 0 Å². The van der Waals surface area contributed by atoms with E-state index in [1.54, 1.807) is 36.1 Å². The fourth-order valence-electron chi connectivity index (χ4n) is 3.16. The van der Waals surface area contributed by atoms with Gasteiger partial charge in [-0.3, -0.25) is 9.52 Å². The molecule has 0 aromatic heterocycles. The molecule has 1 heterocycles. The van der Waals surface area contributed by atoms with Crippen molar-refractivity contribution in [3.05, 3.63) is 52.5 Å². The van der Waals surface area contributed by atoms with Gasteiger partial charge in [0.15, 0.2) is 0 Å². The second-order valence-corrected chi connectivity index (χ2v) is 8.45. The van der Waals surface area contributed by atoms with Gasteiger partial charge in [0.2, 0.25) is 5.91 Å². The number of hydrogen-bond donors (Lipinski definition) is 1. The van der Waals surface area contributed by atoms with Gasteiger partial charge in [-0.1, -0.05) is 30.7 Å². The van der Waals surface area contributed by atoms with Crippen LogP contribution in [0.4, 0.5) is 11.4 Å². The van der Waals surface area contributed by atoms with Gasteiger partial charge in [0.05, 0.1) is 10.6 Å². The molecule has 138 valence electrons. The molecule has 26 heavy (non-hydrogen) atoms. The Morgan fingerprint density at radius 1 is 1.23 bits per heavy atom. The Morgan fingerprint density at radius 2 is 2.00 bits per heavy atom. The summed E-state index contributed by atoms with van der Waals surface area (Å²) >= 11 is 5.95. The molecular formula is C19H21ClN2O3S. The summed E-state index contributed by atoms with van der Waals surface area (Å²) in [5.74, 6) is 0.0386. The number of nitrogens with one attached hydrogen (secondary N) is 1. The van der Waals surface area contributed by atoms with Crippen molar-refractivity contribution in [1.82, 2.24) is 0 Å². The standard InChI is InChI=1S/C19H21ClN2O3S/c1-3-19(23)22-10-4-5-14-7-9-16(12-17(14)22)21-26(24,25)18-11-15(20)8-6-13(18)2/h6-9,11-12,21H,3-5,10H2,1-2H3. The van der Waals surface area contributed by atoms with Gasteiger partial charge in [-0.25, -0.2) is 8.42 Å². The maximum atomic E-state index is 12.8. The number of fused-ring (bicyclic) bond motifs is 1. The number of amides is 1. The van der Waals surface area contributed by atoms with E-state index < -0.39 is 10.0 Å². The van der Waals surface area contributed by atoms with Crippen molar-refractivity contribution in [1.29, 1.82) is 0 Å². The summed E-state index contributed by atoms with van der Waals surface area (Å²) in [5.41, 5.74) is 2.88. The van der Waals surface area contributed by atoms with Crippen LogP contribution in [0, 0.1) is 6.92 Å². The average molecular weight is 393 g/mol. The Balaban J connectivity index is 1.96. The first-order chi connectivity index (χ1) is 12.3. The molecule has 1 aliphatic rings. The molecule has 2 aromatic rings. The summed E-state index contributed by atoms with van der Waals surface area (Å²) in [6.45, 7) is 4.20. The average Bonchev–Trinajstić information content (AvgIpc) is 2.62. The highest BCUT2D eigenvalue weighted by molar-refractivity contribution is 7.92. The van der Waals surface area contributed by atoms with Crippen molar-refractivity contribution in [2.75, 3.05) is 16.2 Å². The first-order valence-corrected chi connectivity index (χ1v) is 10.4. The van der Waals surface area contributed by atoms with E-state index in [1.807, 2.05) is 13.0 Å². The van der Waals surface area contributed by atoms with E-state index in [0.717, 1.165) is 24.1 Å². The third-order valence-electron chi connectivity index (χ3n) is 4.50. The molecule has 3 rings (SSSR count).